The third kappa shape index (κ3) is 3.42. The summed E-state index contributed by atoms with van der Waals surface area (Å²) in [6, 6.07) is 7.06. The van der Waals surface area contributed by atoms with Crippen molar-refractivity contribution in [2.75, 3.05) is 13.1 Å². The number of aryl methyl sites for hydroxylation is 1. The second kappa shape index (κ2) is 6.50. The highest BCUT2D eigenvalue weighted by Gasteiger charge is 2.29. The van der Waals surface area contributed by atoms with Gasteiger partial charge in [0.25, 0.3) is 0 Å². The molecule has 0 saturated carbocycles. The molecule has 1 N–H and O–H groups in total. The maximum Gasteiger partial charge on any atom is 0.335 e. The molecule has 3 rings (SSSR count). The molecule has 0 spiro atoms. The fraction of sp³-hybridized carbons (Fsp3) is 0.353. The number of thiazole rings is 1. The van der Waals surface area contributed by atoms with Gasteiger partial charge in [0.15, 0.2) is 0 Å². The van der Waals surface area contributed by atoms with E-state index < -0.39 is 5.97 Å². The van der Waals surface area contributed by atoms with Crippen molar-refractivity contribution in [3.8, 4) is 0 Å². The average Bonchev–Trinajstić information content (AvgIpc) is 3.16. The summed E-state index contributed by atoms with van der Waals surface area (Å²) >= 11 is 1.54. The second-order valence-electron chi connectivity index (χ2n) is 5.75. The van der Waals surface area contributed by atoms with E-state index in [9.17, 15) is 14.7 Å². The summed E-state index contributed by atoms with van der Waals surface area (Å²) in [6.45, 7) is 3.17. The molecule has 5 nitrogen and oxygen atoms in total. The predicted molar refractivity (Wildman–Crippen MR) is 87.9 cm³/mol. The molecule has 2 aromatic rings. The van der Waals surface area contributed by atoms with E-state index in [4.69, 9.17) is 0 Å². The van der Waals surface area contributed by atoms with Gasteiger partial charge >= 0.3 is 5.97 Å². The molecule has 1 aliphatic heterocycles. The van der Waals surface area contributed by atoms with E-state index in [0.717, 1.165) is 22.7 Å². The first-order chi connectivity index (χ1) is 11.0. The Kier molecular flexibility index (Phi) is 4.43. The number of benzene rings is 1. The summed E-state index contributed by atoms with van der Waals surface area (Å²) in [6.07, 6.45) is 1.11. The topological polar surface area (TPSA) is 70.5 Å². The van der Waals surface area contributed by atoms with E-state index in [2.05, 4.69) is 4.98 Å². The average molecular weight is 330 g/mol. The first-order valence-corrected chi connectivity index (χ1v) is 8.43. The molecule has 1 aliphatic rings. The van der Waals surface area contributed by atoms with E-state index in [0.29, 0.717) is 25.1 Å². The quantitative estimate of drug-likeness (QED) is 0.936. The van der Waals surface area contributed by atoms with Gasteiger partial charge in [0.2, 0.25) is 5.91 Å². The lowest BCUT2D eigenvalue weighted by Crippen LogP contribution is -2.30. The normalized spacial score (nSPS) is 17.4. The van der Waals surface area contributed by atoms with Gasteiger partial charge in [0.05, 0.1) is 22.7 Å². The number of carbonyl (C=O) groups excluding carboxylic acids is 1. The van der Waals surface area contributed by atoms with E-state index in [1.165, 1.54) is 0 Å². The van der Waals surface area contributed by atoms with Crippen LogP contribution in [0, 0.1) is 6.92 Å². The number of likely N-dealkylation sites (tertiary alicyclic amines) is 1. The zero-order valence-corrected chi connectivity index (χ0v) is 13.7. The minimum Gasteiger partial charge on any atom is -0.478 e. The van der Waals surface area contributed by atoms with Crippen molar-refractivity contribution >= 4 is 23.2 Å². The number of rotatable bonds is 4. The molecule has 1 aromatic carbocycles. The number of carboxylic acids is 1. The van der Waals surface area contributed by atoms with Gasteiger partial charge in [-0.3, -0.25) is 4.79 Å². The number of carbonyl (C=O) groups is 2. The molecule has 6 heteroatoms. The third-order valence-corrected chi connectivity index (χ3v) is 4.99. The lowest BCUT2D eigenvalue weighted by atomic mass is 9.93. The molecule has 1 atom stereocenters. The Hall–Kier alpha value is -2.21. The Morgan fingerprint density at radius 2 is 2.17 bits per heavy atom. The summed E-state index contributed by atoms with van der Waals surface area (Å²) in [5.74, 6) is -0.766. The fourth-order valence-electron chi connectivity index (χ4n) is 3.04. The maximum absolute atomic E-state index is 12.4. The Labute approximate surface area is 138 Å². The molecule has 0 radical (unpaired) electrons. The van der Waals surface area contributed by atoms with Crippen LogP contribution < -0.4 is 0 Å². The maximum atomic E-state index is 12.4. The molecule has 0 bridgehead atoms. The summed E-state index contributed by atoms with van der Waals surface area (Å²) in [5.41, 5.74) is 1.97. The number of hydrogen-bond acceptors (Lipinski definition) is 4. The zero-order chi connectivity index (χ0) is 16.4. The van der Waals surface area contributed by atoms with Crippen molar-refractivity contribution in [1.29, 1.82) is 0 Å². The van der Waals surface area contributed by atoms with Crippen LogP contribution in [0.3, 0.4) is 0 Å². The molecule has 120 valence electrons. The lowest BCUT2D eigenvalue weighted by molar-refractivity contribution is -0.129. The van der Waals surface area contributed by atoms with Crippen molar-refractivity contribution in [2.45, 2.75) is 25.7 Å². The van der Waals surface area contributed by atoms with Crippen LogP contribution in [0.4, 0.5) is 0 Å². The number of amides is 1. The summed E-state index contributed by atoms with van der Waals surface area (Å²) in [4.78, 5) is 29.9. The fourth-order valence-corrected chi connectivity index (χ4v) is 3.66. The SMILES string of the molecule is Cc1nc(CC(=O)N2CC[C@H](c3ccccc3C(=O)O)C2)cs1. The largest absolute Gasteiger partial charge is 0.478 e. The Morgan fingerprint density at radius 3 is 2.87 bits per heavy atom. The van der Waals surface area contributed by atoms with Gasteiger partial charge in [0.1, 0.15) is 0 Å². The van der Waals surface area contributed by atoms with E-state index in [1.54, 1.807) is 23.5 Å². The van der Waals surface area contributed by atoms with E-state index in [1.807, 2.05) is 29.3 Å². The van der Waals surface area contributed by atoms with Crippen LogP contribution in [0.2, 0.25) is 0 Å². The summed E-state index contributed by atoms with van der Waals surface area (Å²) in [7, 11) is 0. The number of aromatic nitrogens is 1. The number of carboxylic acid groups (broad SMARTS) is 1. The third-order valence-electron chi connectivity index (χ3n) is 4.17. The molecular formula is C17H18N2O3S. The molecule has 23 heavy (non-hydrogen) atoms. The van der Waals surface area contributed by atoms with E-state index in [-0.39, 0.29) is 11.8 Å². The molecular weight excluding hydrogens is 312 g/mol. The van der Waals surface area contributed by atoms with Crippen molar-refractivity contribution in [3.05, 3.63) is 51.5 Å². The molecule has 1 amide bonds. The number of aromatic carboxylic acids is 1. The monoisotopic (exact) mass is 330 g/mol. The molecule has 2 heterocycles. The van der Waals surface area contributed by atoms with Crippen LogP contribution in [0.5, 0.6) is 0 Å². The van der Waals surface area contributed by atoms with Gasteiger partial charge in [0, 0.05) is 24.4 Å². The van der Waals surface area contributed by atoms with E-state index >= 15 is 0 Å². The van der Waals surface area contributed by atoms with Crippen molar-refractivity contribution in [2.24, 2.45) is 0 Å². The Balaban J connectivity index is 1.69. The van der Waals surface area contributed by atoms with Gasteiger partial charge in [-0.1, -0.05) is 18.2 Å². The predicted octanol–water partition coefficient (Wildman–Crippen LogP) is 2.71. The van der Waals surface area contributed by atoms with Crippen molar-refractivity contribution < 1.29 is 14.7 Å². The zero-order valence-electron chi connectivity index (χ0n) is 12.9. The van der Waals surface area contributed by atoms with Gasteiger partial charge in [-0.05, 0) is 25.0 Å². The van der Waals surface area contributed by atoms with Crippen LogP contribution in [0.1, 0.15) is 39.0 Å². The highest BCUT2D eigenvalue weighted by Crippen LogP contribution is 2.30. The molecule has 0 aliphatic carbocycles. The van der Waals surface area contributed by atoms with Gasteiger partial charge < -0.3 is 10.0 Å². The summed E-state index contributed by atoms with van der Waals surface area (Å²) < 4.78 is 0. The Bertz CT molecular complexity index is 741. The standard InChI is InChI=1S/C17H18N2O3S/c1-11-18-13(10-23-11)8-16(20)19-7-6-12(9-19)14-4-2-3-5-15(14)17(21)22/h2-5,10,12H,6-9H2,1H3,(H,21,22)/t12-/m0/s1. The molecule has 0 unspecified atom stereocenters. The number of nitrogens with zero attached hydrogens (tertiary/aromatic N) is 2. The van der Waals surface area contributed by atoms with Crippen LogP contribution in [0.15, 0.2) is 29.6 Å². The first kappa shape index (κ1) is 15.7. The smallest absolute Gasteiger partial charge is 0.335 e. The minimum absolute atomic E-state index is 0.0607. The highest BCUT2D eigenvalue weighted by atomic mass is 32.1. The van der Waals surface area contributed by atoms with Crippen LogP contribution in [-0.4, -0.2) is 40.0 Å². The molecule has 1 fully saturated rings. The highest BCUT2D eigenvalue weighted by molar-refractivity contribution is 7.09. The van der Waals surface area contributed by atoms with Crippen LogP contribution in [0.25, 0.3) is 0 Å². The lowest BCUT2D eigenvalue weighted by Gasteiger charge is -2.17. The van der Waals surface area contributed by atoms with Crippen LogP contribution in [-0.2, 0) is 11.2 Å². The number of hydrogen-bond donors (Lipinski definition) is 1. The molecule has 1 aromatic heterocycles. The summed E-state index contributed by atoms with van der Waals surface area (Å²) in [5, 5.41) is 12.2. The van der Waals surface area contributed by atoms with Crippen molar-refractivity contribution in [3.63, 3.8) is 0 Å². The van der Waals surface area contributed by atoms with Gasteiger partial charge in [-0.25, -0.2) is 9.78 Å². The first-order valence-electron chi connectivity index (χ1n) is 7.55. The van der Waals surface area contributed by atoms with Gasteiger partial charge in [-0.15, -0.1) is 11.3 Å². The van der Waals surface area contributed by atoms with Crippen LogP contribution >= 0.6 is 11.3 Å². The minimum atomic E-state index is -0.914. The van der Waals surface area contributed by atoms with Gasteiger partial charge in [-0.2, -0.15) is 0 Å². The molecule has 1 saturated heterocycles. The Morgan fingerprint density at radius 1 is 1.39 bits per heavy atom. The second-order valence-corrected chi connectivity index (χ2v) is 6.81. The van der Waals surface area contributed by atoms with Crippen molar-refractivity contribution in [1.82, 2.24) is 9.88 Å².